The smallest absolute Gasteiger partial charge is 0.164 e. The predicted molar refractivity (Wildman–Crippen MR) is 211 cm³/mol. The van der Waals surface area contributed by atoms with Crippen molar-refractivity contribution < 1.29 is 30.0 Å². The average molecular weight is 865 g/mol. The van der Waals surface area contributed by atoms with Crippen LogP contribution in [0.1, 0.15) is 112 Å². The Morgan fingerprint density at radius 1 is 0.940 bits per heavy atom. The molecule has 0 fully saturated rings. The van der Waals surface area contributed by atoms with Crippen molar-refractivity contribution in [1.82, 2.24) is 4.98 Å². The zero-order valence-corrected chi connectivity index (χ0v) is 34.8. The molecular formula is C45H54IrNO2S-. The fourth-order valence-corrected chi connectivity index (χ4v) is 8.55. The summed E-state index contributed by atoms with van der Waals surface area (Å²) in [7, 11) is 0. The van der Waals surface area contributed by atoms with Crippen LogP contribution in [0.4, 0.5) is 0 Å². The molecule has 1 radical (unpaired) electrons. The quantitative estimate of drug-likeness (QED) is 0.0864. The van der Waals surface area contributed by atoms with E-state index >= 15 is 0 Å². The second-order valence-corrected chi connectivity index (χ2v) is 16.4. The summed E-state index contributed by atoms with van der Waals surface area (Å²) in [5, 5.41) is 14.0. The molecule has 0 bridgehead atoms. The number of aromatic nitrogens is 1. The number of carbonyl (C=O) groups excluding carboxylic acids is 1. The SMILES string of the molecule is CC(C)Cc1ccc2c(-c3[c-]ccc4c3-c3sc5ccccc5c3C4(C)C)nccc2c1.CCC(C)(CC)C(=O)/C=C(\O)C(C)(CC)CC.[Ir]. The number of hydrogen-bond acceptors (Lipinski definition) is 4. The number of benzene rings is 3. The Labute approximate surface area is 318 Å². The third-order valence-electron chi connectivity index (χ3n) is 11.4. The molecule has 3 nitrogen and oxygen atoms in total. The van der Waals surface area contributed by atoms with Crippen molar-refractivity contribution in [3.05, 3.63) is 101 Å². The van der Waals surface area contributed by atoms with E-state index in [4.69, 9.17) is 4.98 Å². The molecule has 5 aromatic rings. The molecule has 267 valence electrons. The third kappa shape index (κ3) is 7.29. The standard InChI is InChI=1S/C30H26NS.C15H28O2.Ir/c1-18(2)16-19-12-13-21-20(17-19)14-15-31-28(21)23-9-7-10-24-26(23)29-27(30(24,3)4)22-8-5-6-11-25(22)32-29;1-7-14(5,8-2)12(16)11-13(17)15(6,9-3)10-4;/h5-8,10-15,17-18H,16H2,1-4H3;11,16H,7-10H2,1-6H3;/q-1;;/b;12-11-;. The number of aliphatic hydroxyl groups excluding tert-OH is 1. The van der Waals surface area contributed by atoms with Crippen molar-refractivity contribution in [3.63, 3.8) is 0 Å². The number of carbonyl (C=O) groups is 1. The van der Waals surface area contributed by atoms with Crippen molar-refractivity contribution in [3.8, 4) is 21.7 Å². The molecule has 0 aliphatic heterocycles. The Kier molecular flexibility index (Phi) is 12.4. The maximum Gasteiger partial charge on any atom is 0.164 e. The van der Waals surface area contributed by atoms with Gasteiger partial charge in [-0.2, -0.15) is 0 Å². The van der Waals surface area contributed by atoms with Gasteiger partial charge < -0.3 is 10.1 Å². The topological polar surface area (TPSA) is 50.2 Å². The molecule has 1 aliphatic rings. The maximum atomic E-state index is 12.2. The van der Waals surface area contributed by atoms with Crippen molar-refractivity contribution in [2.45, 2.75) is 107 Å². The van der Waals surface area contributed by atoms with Gasteiger partial charge in [-0.15, -0.1) is 40.7 Å². The predicted octanol–water partition coefficient (Wildman–Crippen LogP) is 13.1. The van der Waals surface area contributed by atoms with Crippen LogP contribution in [0.3, 0.4) is 0 Å². The summed E-state index contributed by atoms with van der Waals surface area (Å²) in [6.07, 6.45) is 7.81. The number of rotatable bonds is 10. The van der Waals surface area contributed by atoms with Crippen LogP contribution in [0.25, 0.3) is 42.6 Å². The van der Waals surface area contributed by atoms with Crippen LogP contribution < -0.4 is 0 Å². The molecular weight excluding hydrogens is 811 g/mol. The molecule has 1 aliphatic carbocycles. The van der Waals surface area contributed by atoms with Crippen molar-refractivity contribution >= 4 is 38.0 Å². The Morgan fingerprint density at radius 2 is 1.60 bits per heavy atom. The number of thiophene rings is 1. The fourth-order valence-electron chi connectivity index (χ4n) is 7.13. The number of hydrogen-bond donors (Lipinski definition) is 1. The number of aliphatic hydroxyl groups is 1. The van der Waals surface area contributed by atoms with E-state index in [1.807, 2.05) is 59.1 Å². The second-order valence-electron chi connectivity index (χ2n) is 15.3. The summed E-state index contributed by atoms with van der Waals surface area (Å²) in [5.41, 5.74) is 7.07. The first-order chi connectivity index (χ1) is 23.2. The van der Waals surface area contributed by atoms with Gasteiger partial charge in [0.1, 0.15) is 5.76 Å². The summed E-state index contributed by atoms with van der Waals surface area (Å²) < 4.78 is 1.36. The molecule has 2 heterocycles. The first-order valence-electron chi connectivity index (χ1n) is 18.2. The molecule has 1 N–H and O–H groups in total. The normalized spacial score (nSPS) is 13.9. The van der Waals surface area contributed by atoms with Crippen LogP contribution >= 0.6 is 11.3 Å². The molecule has 3 aromatic carbocycles. The first-order valence-corrected chi connectivity index (χ1v) is 19.0. The summed E-state index contributed by atoms with van der Waals surface area (Å²) in [6.45, 7) is 21.3. The summed E-state index contributed by atoms with van der Waals surface area (Å²) in [6, 6.07) is 25.7. The van der Waals surface area contributed by atoms with Gasteiger partial charge in [0.25, 0.3) is 0 Å². The van der Waals surface area contributed by atoms with Crippen LogP contribution in [-0.4, -0.2) is 15.9 Å². The molecule has 0 saturated heterocycles. The van der Waals surface area contributed by atoms with E-state index < -0.39 is 0 Å². The van der Waals surface area contributed by atoms with E-state index in [0.29, 0.717) is 5.92 Å². The molecule has 0 saturated carbocycles. The van der Waals surface area contributed by atoms with Crippen molar-refractivity contribution in [2.75, 3.05) is 0 Å². The largest absolute Gasteiger partial charge is 0.512 e. The minimum Gasteiger partial charge on any atom is -0.512 e. The molecule has 0 atom stereocenters. The van der Waals surface area contributed by atoms with Crippen LogP contribution in [0, 0.1) is 22.8 Å². The molecule has 2 aromatic heterocycles. The van der Waals surface area contributed by atoms with Gasteiger partial charge in [0, 0.05) is 47.9 Å². The van der Waals surface area contributed by atoms with Crippen LogP contribution in [0.2, 0.25) is 0 Å². The number of allylic oxidation sites excluding steroid dienone is 2. The molecule has 0 spiro atoms. The van der Waals surface area contributed by atoms with E-state index in [1.165, 1.54) is 54.1 Å². The Bertz CT molecular complexity index is 2010. The van der Waals surface area contributed by atoms with Gasteiger partial charge in [-0.3, -0.25) is 4.79 Å². The van der Waals surface area contributed by atoms with Crippen molar-refractivity contribution in [2.24, 2.45) is 16.7 Å². The van der Waals surface area contributed by atoms with E-state index in [2.05, 4.69) is 94.4 Å². The Hall–Kier alpha value is -3.11. The summed E-state index contributed by atoms with van der Waals surface area (Å²) in [5.74, 6) is 0.932. The average Bonchev–Trinajstić information content (AvgIpc) is 3.60. The van der Waals surface area contributed by atoms with Gasteiger partial charge in [0.05, 0.1) is 0 Å². The van der Waals surface area contributed by atoms with Gasteiger partial charge in [0.15, 0.2) is 5.78 Å². The van der Waals surface area contributed by atoms with E-state index in [1.54, 1.807) is 0 Å². The zero-order valence-electron chi connectivity index (χ0n) is 31.6. The Balaban J connectivity index is 0.000000269. The summed E-state index contributed by atoms with van der Waals surface area (Å²) >= 11 is 1.91. The van der Waals surface area contributed by atoms with E-state index in [9.17, 15) is 9.90 Å². The minimum absolute atomic E-state index is 0. The van der Waals surface area contributed by atoms with Gasteiger partial charge in [-0.05, 0) is 93.4 Å². The van der Waals surface area contributed by atoms with Crippen molar-refractivity contribution in [1.29, 1.82) is 0 Å². The van der Waals surface area contributed by atoms with E-state index in [0.717, 1.165) is 43.4 Å². The number of nitrogens with zero attached hydrogens (tertiary/aromatic N) is 1. The Morgan fingerprint density at radius 3 is 2.24 bits per heavy atom. The van der Waals surface area contributed by atoms with Gasteiger partial charge in [0.2, 0.25) is 0 Å². The van der Waals surface area contributed by atoms with Gasteiger partial charge in [-0.25, -0.2) is 0 Å². The first kappa shape index (κ1) is 39.7. The third-order valence-corrected chi connectivity index (χ3v) is 12.6. The molecule has 50 heavy (non-hydrogen) atoms. The fraction of sp³-hybridized carbons (Fsp3) is 0.422. The van der Waals surface area contributed by atoms with Crippen LogP contribution in [0.5, 0.6) is 0 Å². The monoisotopic (exact) mass is 865 g/mol. The summed E-state index contributed by atoms with van der Waals surface area (Å²) in [4.78, 5) is 18.5. The van der Waals surface area contributed by atoms with Crippen LogP contribution in [-0.2, 0) is 36.7 Å². The number of ketones is 1. The van der Waals surface area contributed by atoms with E-state index in [-0.39, 0.29) is 47.9 Å². The minimum atomic E-state index is -0.337. The van der Waals surface area contributed by atoms with Crippen LogP contribution in [0.15, 0.2) is 78.7 Å². The second kappa shape index (κ2) is 15.6. The molecule has 6 rings (SSSR count). The zero-order chi connectivity index (χ0) is 35.7. The van der Waals surface area contributed by atoms with Gasteiger partial charge >= 0.3 is 0 Å². The number of pyridine rings is 1. The molecule has 0 amide bonds. The maximum absolute atomic E-state index is 12.2. The molecule has 5 heteroatoms. The van der Waals surface area contributed by atoms with Gasteiger partial charge in [-0.1, -0.05) is 111 Å². The number of fused-ring (bicyclic) bond motifs is 6. The molecule has 0 unspecified atom stereocenters.